The minimum absolute atomic E-state index is 0.199. The number of aliphatic hydroxyl groups excluding tert-OH is 7. The van der Waals surface area contributed by atoms with Gasteiger partial charge >= 0.3 is 0 Å². The Bertz CT molecular complexity index is 406. The molecule has 0 bridgehead atoms. The summed E-state index contributed by atoms with van der Waals surface area (Å²) in [5.74, 6) is 0. The summed E-state index contributed by atoms with van der Waals surface area (Å²) in [6.45, 7) is 0.625. The average Bonchev–Trinajstić information content (AvgIpc) is 2.61. The van der Waals surface area contributed by atoms with Gasteiger partial charge in [0, 0.05) is 6.61 Å². The molecule has 11 heteroatoms. The zero-order valence-corrected chi connectivity index (χ0v) is 13.7. The monoisotopic (exact) mass is 370 g/mol. The molecule has 0 aliphatic carbocycles. The summed E-state index contributed by atoms with van der Waals surface area (Å²) in [6, 6.07) is 0. The number of rotatable bonds is 6. The fraction of sp³-hybridized carbons (Fsp3) is 1.00. The van der Waals surface area contributed by atoms with Crippen LogP contribution in [0.3, 0.4) is 0 Å². The Morgan fingerprint density at radius 1 is 0.720 bits per heavy atom. The summed E-state index contributed by atoms with van der Waals surface area (Å²) in [5, 5.41) is 68.4. The summed E-state index contributed by atoms with van der Waals surface area (Å²) >= 11 is 0. The summed E-state index contributed by atoms with van der Waals surface area (Å²) in [6.07, 6.45) is -14.3. The van der Waals surface area contributed by atoms with Crippen molar-refractivity contribution in [2.75, 3.05) is 19.8 Å². The highest BCUT2D eigenvalue weighted by atomic mass is 16.7. The molecule has 0 amide bonds. The minimum Gasteiger partial charge on any atom is -0.394 e. The average molecular weight is 370 g/mol. The van der Waals surface area contributed by atoms with Crippen LogP contribution >= 0.6 is 0 Å². The molecule has 2 aliphatic rings. The first-order chi connectivity index (χ1) is 11.8. The molecule has 0 aromatic carbocycles. The van der Waals surface area contributed by atoms with Crippen LogP contribution in [0.15, 0.2) is 0 Å². The molecule has 10 atom stereocenters. The van der Waals surface area contributed by atoms with E-state index in [4.69, 9.17) is 18.9 Å². The molecule has 2 rings (SSSR count). The first kappa shape index (κ1) is 20.9. The maximum absolute atomic E-state index is 10.2. The molecular weight excluding hydrogens is 344 g/mol. The van der Waals surface area contributed by atoms with Crippen molar-refractivity contribution in [2.24, 2.45) is 0 Å². The highest BCUT2D eigenvalue weighted by Crippen LogP contribution is 2.29. The van der Waals surface area contributed by atoms with Gasteiger partial charge in [-0.2, -0.15) is 0 Å². The van der Waals surface area contributed by atoms with Crippen molar-refractivity contribution < 1.29 is 54.7 Å². The molecule has 6 unspecified atom stereocenters. The highest BCUT2D eigenvalue weighted by molar-refractivity contribution is 4.93. The molecule has 0 aromatic rings. The van der Waals surface area contributed by atoms with Crippen molar-refractivity contribution >= 4 is 0 Å². The van der Waals surface area contributed by atoms with E-state index in [0.717, 1.165) is 0 Å². The van der Waals surface area contributed by atoms with Crippen molar-refractivity contribution in [3.63, 3.8) is 0 Å². The van der Waals surface area contributed by atoms with Gasteiger partial charge in [-0.25, -0.2) is 0 Å². The van der Waals surface area contributed by atoms with Gasteiger partial charge in [0.2, 0.25) is 0 Å². The third kappa shape index (κ3) is 4.28. The summed E-state index contributed by atoms with van der Waals surface area (Å²) in [5.41, 5.74) is 0. The Morgan fingerprint density at radius 2 is 1.28 bits per heavy atom. The van der Waals surface area contributed by atoms with Crippen LogP contribution in [0.1, 0.15) is 6.92 Å². The molecule has 2 saturated heterocycles. The van der Waals surface area contributed by atoms with Gasteiger partial charge in [-0.1, -0.05) is 0 Å². The van der Waals surface area contributed by atoms with E-state index in [1.807, 2.05) is 0 Å². The van der Waals surface area contributed by atoms with E-state index >= 15 is 0 Å². The topological polar surface area (TPSA) is 179 Å². The van der Waals surface area contributed by atoms with Gasteiger partial charge in [-0.05, 0) is 6.92 Å². The van der Waals surface area contributed by atoms with Crippen LogP contribution in [0.25, 0.3) is 0 Å². The number of aliphatic hydroxyl groups is 7. The first-order valence-electron chi connectivity index (χ1n) is 8.05. The highest BCUT2D eigenvalue weighted by Gasteiger charge is 2.50. The molecule has 2 heterocycles. The Labute approximate surface area is 143 Å². The van der Waals surface area contributed by atoms with Crippen LogP contribution in [0.4, 0.5) is 0 Å². The Morgan fingerprint density at radius 3 is 1.84 bits per heavy atom. The van der Waals surface area contributed by atoms with E-state index < -0.39 is 74.6 Å². The number of hydrogen-bond acceptors (Lipinski definition) is 11. The number of hydrogen-bond donors (Lipinski definition) is 7. The molecule has 2 fully saturated rings. The van der Waals surface area contributed by atoms with E-state index in [1.165, 1.54) is 0 Å². The lowest BCUT2D eigenvalue weighted by atomic mass is 9.97. The van der Waals surface area contributed by atoms with Crippen molar-refractivity contribution in [2.45, 2.75) is 68.3 Å². The lowest BCUT2D eigenvalue weighted by Crippen LogP contribution is -2.64. The SMILES string of the molecule is CCO[C@@H]1OC(CO)C(O[C@@H]2OC(CO)C(O)C(O)[C@@H]2O)C(O)[C@@H]1O. The van der Waals surface area contributed by atoms with E-state index in [1.54, 1.807) is 6.92 Å². The van der Waals surface area contributed by atoms with Gasteiger partial charge in [-0.15, -0.1) is 0 Å². The Kier molecular flexibility index (Phi) is 7.49. The van der Waals surface area contributed by atoms with Gasteiger partial charge in [-0.3, -0.25) is 0 Å². The molecule has 148 valence electrons. The smallest absolute Gasteiger partial charge is 0.187 e. The lowest BCUT2D eigenvalue weighted by molar-refractivity contribution is -0.359. The second kappa shape index (κ2) is 8.97. The van der Waals surface area contributed by atoms with E-state index in [9.17, 15) is 35.7 Å². The Balaban J connectivity index is 2.11. The van der Waals surface area contributed by atoms with Crippen LogP contribution in [-0.4, -0.2) is 117 Å². The van der Waals surface area contributed by atoms with Crippen molar-refractivity contribution in [3.05, 3.63) is 0 Å². The van der Waals surface area contributed by atoms with E-state index in [0.29, 0.717) is 0 Å². The van der Waals surface area contributed by atoms with Crippen LogP contribution < -0.4 is 0 Å². The van der Waals surface area contributed by atoms with Crippen LogP contribution in [0, 0.1) is 0 Å². The molecule has 11 nitrogen and oxygen atoms in total. The standard InChI is InChI=1S/C14H26O11/c1-2-22-13-11(21)9(19)12(6(4-16)24-13)25-14-10(20)8(18)7(17)5(3-15)23-14/h5-21H,2-4H2,1H3/t5?,6?,7?,8?,9?,10-,11-,12?,13+,14-/m0/s1. The van der Waals surface area contributed by atoms with Crippen LogP contribution in [0.5, 0.6) is 0 Å². The predicted octanol–water partition coefficient (Wildman–Crippen LogP) is -4.35. The predicted molar refractivity (Wildman–Crippen MR) is 78.0 cm³/mol. The summed E-state index contributed by atoms with van der Waals surface area (Å²) in [7, 11) is 0. The Hall–Kier alpha value is -0.440. The molecule has 25 heavy (non-hydrogen) atoms. The normalized spacial score (nSPS) is 48.5. The second-order valence-corrected chi connectivity index (χ2v) is 5.96. The quantitative estimate of drug-likeness (QED) is 0.240. The van der Waals surface area contributed by atoms with Crippen molar-refractivity contribution in [1.82, 2.24) is 0 Å². The van der Waals surface area contributed by atoms with E-state index in [-0.39, 0.29) is 6.61 Å². The lowest BCUT2D eigenvalue weighted by Gasteiger charge is -2.45. The molecule has 0 spiro atoms. The van der Waals surface area contributed by atoms with Crippen LogP contribution in [-0.2, 0) is 18.9 Å². The van der Waals surface area contributed by atoms with E-state index in [2.05, 4.69) is 0 Å². The van der Waals surface area contributed by atoms with Crippen molar-refractivity contribution in [3.8, 4) is 0 Å². The fourth-order valence-electron chi connectivity index (χ4n) is 2.86. The maximum Gasteiger partial charge on any atom is 0.187 e. The molecule has 2 aliphatic heterocycles. The molecule has 0 aromatic heterocycles. The molecule has 0 saturated carbocycles. The second-order valence-electron chi connectivity index (χ2n) is 5.96. The maximum atomic E-state index is 10.2. The zero-order chi connectivity index (χ0) is 18.7. The van der Waals surface area contributed by atoms with Gasteiger partial charge < -0.3 is 54.7 Å². The van der Waals surface area contributed by atoms with Gasteiger partial charge in [0.15, 0.2) is 12.6 Å². The fourth-order valence-corrected chi connectivity index (χ4v) is 2.86. The van der Waals surface area contributed by atoms with Gasteiger partial charge in [0.05, 0.1) is 13.2 Å². The first-order valence-corrected chi connectivity index (χ1v) is 8.05. The van der Waals surface area contributed by atoms with Gasteiger partial charge in [0.25, 0.3) is 0 Å². The third-order valence-electron chi connectivity index (χ3n) is 4.29. The van der Waals surface area contributed by atoms with Gasteiger partial charge in [0.1, 0.15) is 48.8 Å². The molecule has 7 N–H and O–H groups in total. The minimum atomic E-state index is -1.69. The molecular formula is C14H26O11. The summed E-state index contributed by atoms with van der Waals surface area (Å²) < 4.78 is 21.1. The van der Waals surface area contributed by atoms with Crippen molar-refractivity contribution in [1.29, 1.82) is 0 Å². The largest absolute Gasteiger partial charge is 0.394 e. The third-order valence-corrected chi connectivity index (χ3v) is 4.29. The summed E-state index contributed by atoms with van der Waals surface area (Å²) in [4.78, 5) is 0. The number of ether oxygens (including phenoxy) is 4. The molecule has 0 radical (unpaired) electrons. The van der Waals surface area contributed by atoms with Crippen LogP contribution in [0.2, 0.25) is 0 Å². The zero-order valence-electron chi connectivity index (χ0n) is 13.7.